The van der Waals surface area contributed by atoms with E-state index in [-0.39, 0.29) is 11.3 Å². The lowest BCUT2D eigenvalue weighted by Crippen LogP contribution is -2.26. The lowest BCUT2D eigenvalue weighted by atomic mass is 9.91. The summed E-state index contributed by atoms with van der Waals surface area (Å²) in [6.45, 7) is 0. The highest BCUT2D eigenvalue weighted by Gasteiger charge is 2.38. The van der Waals surface area contributed by atoms with E-state index in [1.807, 2.05) is 42.5 Å². The molecule has 1 aliphatic rings. The number of aryl methyl sites for hydroxylation is 1. The molecule has 3 aromatic heterocycles. The van der Waals surface area contributed by atoms with Crippen molar-refractivity contribution in [1.82, 2.24) is 9.58 Å². The summed E-state index contributed by atoms with van der Waals surface area (Å²) in [6.07, 6.45) is 3.28. The fourth-order valence-electron chi connectivity index (χ4n) is 4.76. The molecule has 0 unspecified atom stereocenters. The molecule has 1 aliphatic heterocycles. The molecule has 0 radical (unpaired) electrons. The monoisotopic (exact) mass is 497 g/mol. The summed E-state index contributed by atoms with van der Waals surface area (Å²) >= 11 is 6.40. The van der Waals surface area contributed by atoms with Crippen molar-refractivity contribution in [2.45, 2.75) is 12.5 Å². The van der Waals surface area contributed by atoms with Crippen LogP contribution >= 0.6 is 11.6 Å². The lowest BCUT2D eigenvalue weighted by Gasteiger charge is -2.18. The fourth-order valence-corrected chi connectivity index (χ4v) is 4.93. The van der Waals surface area contributed by atoms with Crippen LogP contribution in [0.4, 0.5) is 0 Å². The molecule has 0 saturated heterocycles. The maximum absolute atomic E-state index is 13.9. The van der Waals surface area contributed by atoms with Crippen LogP contribution in [0, 0.1) is 0 Å². The summed E-state index contributed by atoms with van der Waals surface area (Å²) in [5, 5.41) is 7.41. The van der Waals surface area contributed by atoms with Gasteiger partial charge in [-0.2, -0.15) is 5.10 Å². The van der Waals surface area contributed by atoms with Crippen LogP contribution in [0.3, 0.4) is 0 Å². The van der Waals surface area contributed by atoms with E-state index in [0.29, 0.717) is 28.5 Å². The van der Waals surface area contributed by atoms with E-state index in [0.717, 1.165) is 22.0 Å². The molecule has 5 aromatic rings. The Morgan fingerprint density at radius 3 is 2.47 bits per heavy atom. The molecule has 1 amide bonds. The third-order valence-electron chi connectivity index (χ3n) is 6.43. The number of rotatable bonds is 4. The number of halogens is 1. The number of furan rings is 2. The quantitative estimate of drug-likeness (QED) is 0.303. The van der Waals surface area contributed by atoms with Gasteiger partial charge in [-0.3, -0.25) is 9.59 Å². The van der Waals surface area contributed by atoms with Crippen LogP contribution in [0.5, 0.6) is 0 Å². The Morgan fingerprint density at radius 2 is 1.75 bits per heavy atom. The van der Waals surface area contributed by atoms with Crippen molar-refractivity contribution in [3.8, 4) is 11.1 Å². The summed E-state index contributed by atoms with van der Waals surface area (Å²) in [5.41, 5.74) is 3.01. The molecule has 4 heterocycles. The number of hydrogen-bond acceptors (Lipinski definition) is 5. The molecule has 1 atom stereocenters. The number of nitrogens with zero attached hydrogens (tertiary/aromatic N) is 3. The van der Waals surface area contributed by atoms with Gasteiger partial charge in [-0.05, 0) is 48.0 Å². The van der Waals surface area contributed by atoms with Gasteiger partial charge in [0, 0.05) is 29.4 Å². The Morgan fingerprint density at radius 1 is 0.972 bits per heavy atom. The van der Waals surface area contributed by atoms with Gasteiger partial charge in [-0.1, -0.05) is 41.9 Å². The zero-order chi connectivity index (χ0) is 24.8. The highest BCUT2D eigenvalue weighted by molar-refractivity contribution is 6.31. The van der Waals surface area contributed by atoms with E-state index in [2.05, 4.69) is 0 Å². The van der Waals surface area contributed by atoms with Crippen molar-refractivity contribution in [3.05, 3.63) is 118 Å². The zero-order valence-corrected chi connectivity index (χ0v) is 20.0. The number of benzene rings is 2. The second kappa shape index (κ2) is 8.70. The Balaban J connectivity index is 1.61. The zero-order valence-electron chi connectivity index (χ0n) is 19.2. The van der Waals surface area contributed by atoms with Crippen LogP contribution in [-0.4, -0.2) is 21.2 Å². The van der Waals surface area contributed by atoms with Crippen molar-refractivity contribution < 1.29 is 13.6 Å². The smallest absolute Gasteiger partial charge is 0.310 e. The van der Waals surface area contributed by atoms with Gasteiger partial charge in [0.2, 0.25) is 0 Å². The molecular formula is C28H20ClN3O4. The molecule has 0 spiro atoms. The number of carbonyl (C=O) groups excluding carboxylic acids is 1. The minimum absolute atomic E-state index is 0.151. The van der Waals surface area contributed by atoms with Crippen molar-refractivity contribution in [1.29, 1.82) is 0 Å². The van der Waals surface area contributed by atoms with Gasteiger partial charge in [-0.25, -0.2) is 5.01 Å². The first-order chi connectivity index (χ1) is 17.5. The summed E-state index contributed by atoms with van der Waals surface area (Å²) < 4.78 is 12.6. The average Bonchev–Trinajstić information content (AvgIpc) is 3.67. The summed E-state index contributed by atoms with van der Waals surface area (Å²) in [7, 11) is 1.72. The second-order valence-corrected chi connectivity index (χ2v) is 8.99. The molecule has 6 rings (SSSR count). The number of aromatic nitrogens is 1. The molecule has 0 aliphatic carbocycles. The number of amides is 1. The number of hydrogen-bond donors (Lipinski definition) is 0. The molecule has 7 nitrogen and oxygen atoms in total. The molecule has 0 fully saturated rings. The molecule has 36 heavy (non-hydrogen) atoms. The van der Waals surface area contributed by atoms with Gasteiger partial charge in [0.05, 0.1) is 29.3 Å². The topological polar surface area (TPSA) is 81.0 Å². The predicted molar refractivity (Wildman–Crippen MR) is 137 cm³/mol. The summed E-state index contributed by atoms with van der Waals surface area (Å²) in [4.78, 5) is 27.2. The van der Waals surface area contributed by atoms with Crippen molar-refractivity contribution in [3.63, 3.8) is 0 Å². The Bertz CT molecular complexity index is 1670. The summed E-state index contributed by atoms with van der Waals surface area (Å²) in [5.74, 6) is 0.298. The molecule has 0 bridgehead atoms. The van der Waals surface area contributed by atoms with Crippen molar-refractivity contribution in [2.24, 2.45) is 12.1 Å². The molecule has 0 N–H and O–H groups in total. The van der Waals surface area contributed by atoms with Gasteiger partial charge in [0.25, 0.3) is 5.56 Å². The van der Waals surface area contributed by atoms with E-state index in [9.17, 15) is 9.59 Å². The van der Waals surface area contributed by atoms with Crippen LogP contribution < -0.4 is 5.56 Å². The Kier molecular flexibility index (Phi) is 5.34. The fraction of sp³-hybridized carbons (Fsp3) is 0.107. The number of carbonyl (C=O) groups is 1. The first-order valence-electron chi connectivity index (χ1n) is 11.4. The number of pyridine rings is 1. The molecule has 0 saturated carbocycles. The van der Waals surface area contributed by atoms with Gasteiger partial charge in [-0.15, -0.1) is 0 Å². The molecule has 2 aromatic carbocycles. The average molecular weight is 498 g/mol. The number of fused-ring (bicyclic) bond motifs is 1. The van der Waals surface area contributed by atoms with E-state index in [1.54, 1.807) is 48.2 Å². The molecule has 8 heteroatoms. The first kappa shape index (κ1) is 22.1. The summed E-state index contributed by atoms with van der Waals surface area (Å²) in [6, 6.07) is 21.4. The third kappa shape index (κ3) is 3.56. The Labute approximate surface area is 210 Å². The van der Waals surface area contributed by atoms with Crippen LogP contribution in [0.15, 0.2) is 104 Å². The van der Waals surface area contributed by atoms with Gasteiger partial charge in [0.15, 0.2) is 5.76 Å². The van der Waals surface area contributed by atoms with Crippen molar-refractivity contribution in [2.75, 3.05) is 0 Å². The maximum Gasteiger partial charge on any atom is 0.310 e. The van der Waals surface area contributed by atoms with Crippen LogP contribution in [0.1, 0.15) is 34.3 Å². The maximum atomic E-state index is 13.9. The normalized spacial score (nSPS) is 15.4. The highest BCUT2D eigenvalue weighted by Crippen LogP contribution is 2.38. The third-order valence-corrected chi connectivity index (χ3v) is 6.67. The minimum Gasteiger partial charge on any atom is -0.467 e. The molecular weight excluding hydrogens is 478 g/mol. The Hall–Kier alpha value is -4.36. The van der Waals surface area contributed by atoms with E-state index >= 15 is 0 Å². The van der Waals surface area contributed by atoms with E-state index in [4.69, 9.17) is 25.5 Å². The first-order valence-corrected chi connectivity index (χ1v) is 11.8. The largest absolute Gasteiger partial charge is 0.467 e. The number of hydrazone groups is 1. The SMILES string of the molecule is Cn1c(=O)c(C2=NN(C(=O)c3ccco3)[C@@H](c3ccco3)C2)c(-c2ccccc2)c2cc(Cl)ccc21. The second-order valence-electron chi connectivity index (χ2n) is 8.55. The lowest BCUT2D eigenvalue weighted by molar-refractivity contribution is 0.0660. The van der Waals surface area contributed by atoms with Gasteiger partial charge < -0.3 is 13.4 Å². The van der Waals surface area contributed by atoms with Gasteiger partial charge >= 0.3 is 5.91 Å². The van der Waals surface area contributed by atoms with Crippen molar-refractivity contribution >= 4 is 34.1 Å². The molecule has 178 valence electrons. The van der Waals surface area contributed by atoms with Gasteiger partial charge in [0.1, 0.15) is 11.8 Å². The standard InChI is InChI=1S/C28H20ClN3O4/c1-31-21-12-11-18(29)15-19(21)25(17-7-3-2-4-8-17)26(28(31)34)20-16-22(23-9-5-13-35-23)32(30-20)27(33)24-10-6-14-36-24/h2-15,22H,16H2,1H3/t22-/m1/s1. The van der Waals surface area contributed by atoms with E-state index < -0.39 is 11.9 Å². The highest BCUT2D eigenvalue weighted by atomic mass is 35.5. The minimum atomic E-state index is -0.531. The predicted octanol–water partition coefficient (Wildman–Crippen LogP) is 6.04. The van der Waals surface area contributed by atoms with Crippen LogP contribution in [-0.2, 0) is 7.05 Å². The van der Waals surface area contributed by atoms with Crippen LogP contribution in [0.2, 0.25) is 5.02 Å². The van der Waals surface area contributed by atoms with Crippen LogP contribution in [0.25, 0.3) is 22.0 Å². The van der Waals surface area contributed by atoms with E-state index in [1.165, 1.54) is 11.3 Å².